The van der Waals surface area contributed by atoms with Gasteiger partial charge in [-0.05, 0) is 62.9 Å². The molecule has 0 aliphatic heterocycles. The number of rotatable bonds is 8. The second-order valence-electron chi connectivity index (χ2n) is 5.32. The summed E-state index contributed by atoms with van der Waals surface area (Å²) in [6, 6.07) is 4.69. The fourth-order valence-electron chi connectivity index (χ4n) is 1.97. The van der Waals surface area contributed by atoms with Crippen LogP contribution in [-0.4, -0.2) is 26.8 Å². The number of nitrogens with one attached hydrogen (secondary N) is 2. The summed E-state index contributed by atoms with van der Waals surface area (Å²) in [5, 5.41) is 3.35. The van der Waals surface area contributed by atoms with Crippen LogP contribution < -0.4 is 10.0 Å². The summed E-state index contributed by atoms with van der Waals surface area (Å²) in [6.07, 6.45) is 3.95. The summed E-state index contributed by atoms with van der Waals surface area (Å²) < 4.78 is 39.3. The largest absolute Gasteiger partial charge is 0.314 e. The predicted molar refractivity (Wildman–Crippen MR) is 78.8 cm³/mol. The summed E-state index contributed by atoms with van der Waals surface area (Å²) in [5.74, 6) is -0.271. The Morgan fingerprint density at radius 2 is 2.05 bits per heavy atom. The number of halogens is 1. The minimum absolute atomic E-state index is 0.0934. The van der Waals surface area contributed by atoms with Gasteiger partial charge in [0.15, 0.2) is 0 Å². The Morgan fingerprint density at radius 3 is 2.70 bits per heavy atom. The third kappa shape index (κ3) is 5.09. The van der Waals surface area contributed by atoms with E-state index >= 15 is 0 Å². The standard InChI is InChI=1S/C14H21FN2O2S/c1-11-10-12(15)4-7-14(11)17-20(18,19)9-3-2-8-16-13-5-6-13/h4,7,10,13,16-17H,2-3,5-6,8-9H2,1H3. The van der Waals surface area contributed by atoms with Gasteiger partial charge in [-0.25, -0.2) is 12.8 Å². The molecule has 1 aromatic carbocycles. The average Bonchev–Trinajstić information content (AvgIpc) is 3.16. The first-order valence-corrected chi connectivity index (χ1v) is 8.61. The molecule has 0 amide bonds. The highest BCUT2D eigenvalue weighted by Crippen LogP contribution is 2.19. The molecule has 0 bridgehead atoms. The monoisotopic (exact) mass is 300 g/mol. The van der Waals surface area contributed by atoms with Crippen molar-refractivity contribution < 1.29 is 12.8 Å². The van der Waals surface area contributed by atoms with Gasteiger partial charge in [0.1, 0.15) is 5.82 Å². The Hall–Kier alpha value is -1.14. The quantitative estimate of drug-likeness (QED) is 0.725. The lowest BCUT2D eigenvalue weighted by atomic mass is 10.2. The van der Waals surface area contributed by atoms with Crippen molar-refractivity contribution >= 4 is 15.7 Å². The van der Waals surface area contributed by atoms with Crippen LogP contribution in [0.4, 0.5) is 10.1 Å². The van der Waals surface area contributed by atoms with Gasteiger partial charge in [-0.15, -0.1) is 0 Å². The van der Waals surface area contributed by atoms with E-state index in [1.165, 1.54) is 31.0 Å². The first-order chi connectivity index (χ1) is 9.46. The number of sulfonamides is 1. The van der Waals surface area contributed by atoms with E-state index in [9.17, 15) is 12.8 Å². The molecular formula is C14H21FN2O2S. The molecule has 1 aliphatic carbocycles. The Kier molecular flexibility index (Phi) is 4.99. The Bertz CT molecular complexity index is 556. The molecule has 0 saturated heterocycles. The van der Waals surface area contributed by atoms with Crippen LogP contribution in [0.1, 0.15) is 31.2 Å². The van der Waals surface area contributed by atoms with Gasteiger partial charge in [0, 0.05) is 6.04 Å². The molecule has 0 unspecified atom stereocenters. The van der Waals surface area contributed by atoms with E-state index in [-0.39, 0.29) is 11.6 Å². The van der Waals surface area contributed by atoms with Gasteiger partial charge < -0.3 is 5.32 Å². The minimum atomic E-state index is -3.36. The second-order valence-corrected chi connectivity index (χ2v) is 7.16. The SMILES string of the molecule is Cc1cc(F)ccc1NS(=O)(=O)CCCCNC1CC1. The number of benzene rings is 1. The van der Waals surface area contributed by atoms with Gasteiger partial charge in [-0.3, -0.25) is 4.72 Å². The summed E-state index contributed by atoms with van der Waals surface area (Å²) in [6.45, 7) is 2.55. The third-order valence-electron chi connectivity index (χ3n) is 3.30. The average molecular weight is 300 g/mol. The lowest BCUT2D eigenvalue weighted by molar-refractivity contribution is 0.590. The second kappa shape index (κ2) is 6.54. The molecule has 1 saturated carbocycles. The van der Waals surface area contributed by atoms with E-state index in [0.29, 0.717) is 23.7 Å². The normalized spacial score (nSPS) is 15.3. The van der Waals surface area contributed by atoms with Crippen molar-refractivity contribution in [3.8, 4) is 0 Å². The van der Waals surface area contributed by atoms with Crippen LogP contribution in [0.25, 0.3) is 0 Å². The van der Waals surface area contributed by atoms with Crippen LogP contribution in [0.15, 0.2) is 18.2 Å². The zero-order valence-electron chi connectivity index (χ0n) is 11.7. The van der Waals surface area contributed by atoms with Gasteiger partial charge >= 0.3 is 0 Å². The number of unbranched alkanes of at least 4 members (excludes halogenated alkanes) is 1. The van der Waals surface area contributed by atoms with Crippen LogP contribution >= 0.6 is 0 Å². The van der Waals surface area contributed by atoms with Gasteiger partial charge in [-0.1, -0.05) is 0 Å². The molecule has 6 heteroatoms. The molecule has 2 rings (SSSR count). The maximum atomic E-state index is 13.0. The lowest BCUT2D eigenvalue weighted by Crippen LogP contribution is -2.20. The molecule has 20 heavy (non-hydrogen) atoms. The lowest BCUT2D eigenvalue weighted by Gasteiger charge is -2.10. The topological polar surface area (TPSA) is 58.2 Å². The molecule has 0 spiro atoms. The molecule has 0 radical (unpaired) electrons. The molecule has 0 atom stereocenters. The summed E-state index contributed by atoms with van der Waals surface area (Å²) in [7, 11) is -3.36. The number of hydrogen-bond donors (Lipinski definition) is 2. The van der Waals surface area contributed by atoms with Crippen molar-refractivity contribution in [3.63, 3.8) is 0 Å². The number of aryl methyl sites for hydroxylation is 1. The van der Waals surface area contributed by atoms with Crippen molar-refractivity contribution in [1.82, 2.24) is 5.32 Å². The molecule has 0 heterocycles. The van der Waals surface area contributed by atoms with Gasteiger partial charge in [0.05, 0.1) is 11.4 Å². The van der Waals surface area contributed by atoms with Crippen molar-refractivity contribution in [1.29, 1.82) is 0 Å². The van der Waals surface area contributed by atoms with Gasteiger partial charge in [-0.2, -0.15) is 0 Å². The van der Waals surface area contributed by atoms with Crippen molar-refractivity contribution in [2.24, 2.45) is 0 Å². The Balaban J connectivity index is 1.77. The highest BCUT2D eigenvalue weighted by molar-refractivity contribution is 7.92. The van der Waals surface area contributed by atoms with Gasteiger partial charge in [0.25, 0.3) is 0 Å². The number of anilines is 1. The third-order valence-corrected chi connectivity index (χ3v) is 4.66. The van der Waals surface area contributed by atoms with Crippen molar-refractivity contribution in [2.75, 3.05) is 17.0 Å². The molecule has 1 aliphatic rings. The van der Waals surface area contributed by atoms with E-state index in [0.717, 1.165) is 13.0 Å². The maximum Gasteiger partial charge on any atom is 0.232 e. The summed E-state index contributed by atoms with van der Waals surface area (Å²) in [4.78, 5) is 0. The molecule has 0 aromatic heterocycles. The molecule has 1 aromatic rings. The fraction of sp³-hybridized carbons (Fsp3) is 0.571. The summed E-state index contributed by atoms with van der Waals surface area (Å²) >= 11 is 0. The zero-order valence-corrected chi connectivity index (χ0v) is 12.5. The summed E-state index contributed by atoms with van der Waals surface area (Å²) in [5.41, 5.74) is 1.03. The van der Waals surface area contributed by atoms with E-state index in [1.54, 1.807) is 6.92 Å². The van der Waals surface area contributed by atoms with Crippen LogP contribution in [0.2, 0.25) is 0 Å². The molecule has 112 valence electrons. The van der Waals surface area contributed by atoms with E-state index in [2.05, 4.69) is 10.0 Å². The van der Waals surface area contributed by atoms with Crippen molar-refractivity contribution in [2.45, 2.75) is 38.6 Å². The van der Waals surface area contributed by atoms with Crippen LogP contribution in [0, 0.1) is 12.7 Å². The van der Waals surface area contributed by atoms with Crippen LogP contribution in [0.5, 0.6) is 0 Å². The Morgan fingerprint density at radius 1 is 1.30 bits per heavy atom. The zero-order chi connectivity index (χ0) is 14.6. The minimum Gasteiger partial charge on any atom is -0.314 e. The maximum absolute atomic E-state index is 13.0. The van der Waals surface area contributed by atoms with E-state index in [1.807, 2.05) is 0 Å². The molecule has 2 N–H and O–H groups in total. The van der Waals surface area contributed by atoms with E-state index < -0.39 is 10.0 Å². The Labute approximate surface area is 119 Å². The smallest absolute Gasteiger partial charge is 0.232 e. The molecular weight excluding hydrogens is 279 g/mol. The highest BCUT2D eigenvalue weighted by Gasteiger charge is 2.19. The van der Waals surface area contributed by atoms with Crippen molar-refractivity contribution in [3.05, 3.63) is 29.6 Å². The van der Waals surface area contributed by atoms with Gasteiger partial charge in [0.2, 0.25) is 10.0 Å². The van der Waals surface area contributed by atoms with E-state index in [4.69, 9.17) is 0 Å². The highest BCUT2D eigenvalue weighted by atomic mass is 32.2. The van der Waals surface area contributed by atoms with Crippen LogP contribution in [0.3, 0.4) is 0 Å². The first-order valence-electron chi connectivity index (χ1n) is 6.96. The van der Waals surface area contributed by atoms with Crippen LogP contribution in [-0.2, 0) is 10.0 Å². The fourth-order valence-corrected chi connectivity index (χ4v) is 3.22. The number of hydrogen-bond acceptors (Lipinski definition) is 3. The first kappa shape index (κ1) is 15.3. The molecule has 4 nitrogen and oxygen atoms in total. The molecule has 1 fully saturated rings. The predicted octanol–water partition coefficient (Wildman–Crippen LogP) is 2.41.